The SMILES string of the molecule is CS(=O)(=O)OCC1CC(Nc2ccnc(CC(=N)c3ccc(OC(F)F)c4ccccc34)n2)C(O)C1O. The highest BCUT2D eigenvalue weighted by molar-refractivity contribution is 7.85. The van der Waals surface area contributed by atoms with E-state index in [9.17, 15) is 27.4 Å². The first kappa shape index (κ1) is 26.8. The third-order valence-electron chi connectivity index (χ3n) is 6.10. The number of rotatable bonds is 10. The van der Waals surface area contributed by atoms with Gasteiger partial charge in [0.05, 0.1) is 31.4 Å². The molecule has 0 radical (unpaired) electrons. The minimum absolute atomic E-state index is 0.0159. The molecular weight excluding hydrogens is 510 g/mol. The van der Waals surface area contributed by atoms with E-state index in [-0.39, 0.29) is 30.9 Å². The smallest absolute Gasteiger partial charge is 0.387 e. The first-order chi connectivity index (χ1) is 17.5. The number of aliphatic hydroxyl groups excluding tert-OH is 2. The summed E-state index contributed by atoms with van der Waals surface area (Å²) in [7, 11) is -3.68. The Balaban J connectivity index is 1.47. The molecule has 37 heavy (non-hydrogen) atoms. The number of hydrogen-bond acceptors (Lipinski definition) is 10. The first-order valence-electron chi connectivity index (χ1n) is 11.3. The summed E-state index contributed by atoms with van der Waals surface area (Å²) in [6.07, 6.45) is 0.317. The first-order valence-corrected chi connectivity index (χ1v) is 13.2. The molecule has 1 heterocycles. The van der Waals surface area contributed by atoms with Gasteiger partial charge >= 0.3 is 6.61 Å². The lowest BCUT2D eigenvalue weighted by atomic mass is 9.98. The van der Waals surface area contributed by atoms with Crippen LogP contribution in [0.3, 0.4) is 0 Å². The van der Waals surface area contributed by atoms with Gasteiger partial charge in [-0.3, -0.25) is 4.18 Å². The summed E-state index contributed by atoms with van der Waals surface area (Å²) in [5.74, 6) is 0.0745. The number of nitrogens with zero attached hydrogens (tertiary/aromatic N) is 2. The van der Waals surface area contributed by atoms with Gasteiger partial charge in [0, 0.05) is 28.8 Å². The van der Waals surface area contributed by atoms with Crippen molar-refractivity contribution in [1.82, 2.24) is 9.97 Å². The summed E-state index contributed by atoms with van der Waals surface area (Å²) < 4.78 is 57.5. The number of hydrogen-bond donors (Lipinski definition) is 4. The summed E-state index contributed by atoms with van der Waals surface area (Å²) in [5, 5.41) is 33.4. The third-order valence-corrected chi connectivity index (χ3v) is 6.66. The van der Waals surface area contributed by atoms with Crippen LogP contribution in [0, 0.1) is 11.3 Å². The molecule has 1 fully saturated rings. The van der Waals surface area contributed by atoms with E-state index in [0.29, 0.717) is 28.0 Å². The number of aromatic nitrogens is 2. The maximum absolute atomic E-state index is 12.8. The quantitative estimate of drug-likeness (QED) is 0.226. The van der Waals surface area contributed by atoms with Crippen molar-refractivity contribution in [3.05, 3.63) is 60.0 Å². The summed E-state index contributed by atoms with van der Waals surface area (Å²) in [4.78, 5) is 8.61. The van der Waals surface area contributed by atoms with Gasteiger partial charge in [0.15, 0.2) is 0 Å². The van der Waals surface area contributed by atoms with Crippen LogP contribution < -0.4 is 10.1 Å². The predicted octanol–water partition coefficient (Wildman–Crippen LogP) is 2.34. The second-order valence-electron chi connectivity index (χ2n) is 8.77. The number of alkyl halides is 2. The van der Waals surface area contributed by atoms with E-state index in [1.54, 1.807) is 36.4 Å². The van der Waals surface area contributed by atoms with Crippen molar-refractivity contribution in [3.8, 4) is 5.75 Å². The molecule has 4 unspecified atom stereocenters. The molecule has 3 aromatic rings. The van der Waals surface area contributed by atoms with Gasteiger partial charge in [-0.25, -0.2) is 9.97 Å². The van der Waals surface area contributed by atoms with Gasteiger partial charge in [0.1, 0.15) is 23.5 Å². The Morgan fingerprint density at radius 2 is 1.89 bits per heavy atom. The molecule has 10 nitrogen and oxygen atoms in total. The van der Waals surface area contributed by atoms with Gasteiger partial charge in [-0.1, -0.05) is 24.3 Å². The Kier molecular flexibility index (Phi) is 7.97. The van der Waals surface area contributed by atoms with Crippen LogP contribution in [-0.4, -0.2) is 72.0 Å². The van der Waals surface area contributed by atoms with E-state index in [1.165, 1.54) is 12.3 Å². The van der Waals surface area contributed by atoms with Crippen molar-refractivity contribution in [3.63, 3.8) is 0 Å². The van der Waals surface area contributed by atoms with E-state index in [0.717, 1.165) is 6.26 Å². The maximum Gasteiger partial charge on any atom is 0.387 e. The Morgan fingerprint density at radius 3 is 2.59 bits per heavy atom. The van der Waals surface area contributed by atoms with Crippen LogP contribution in [0.1, 0.15) is 17.8 Å². The lowest BCUT2D eigenvalue weighted by Gasteiger charge is -2.19. The van der Waals surface area contributed by atoms with Crippen LogP contribution in [0.4, 0.5) is 14.6 Å². The highest BCUT2D eigenvalue weighted by Crippen LogP contribution is 2.31. The zero-order valence-corrected chi connectivity index (χ0v) is 20.5. The Bertz CT molecular complexity index is 1390. The third kappa shape index (κ3) is 6.55. The highest BCUT2D eigenvalue weighted by Gasteiger charge is 2.42. The molecule has 198 valence electrons. The van der Waals surface area contributed by atoms with Gasteiger partial charge in [-0.2, -0.15) is 17.2 Å². The van der Waals surface area contributed by atoms with E-state index in [4.69, 9.17) is 9.59 Å². The van der Waals surface area contributed by atoms with Crippen molar-refractivity contribution in [2.75, 3.05) is 18.2 Å². The maximum atomic E-state index is 12.8. The number of nitrogens with one attached hydrogen (secondary N) is 2. The fraction of sp³-hybridized carbons (Fsp3) is 0.375. The lowest BCUT2D eigenvalue weighted by Crippen LogP contribution is -2.35. The zero-order valence-electron chi connectivity index (χ0n) is 19.7. The van der Waals surface area contributed by atoms with Gasteiger partial charge in [-0.15, -0.1) is 0 Å². The van der Waals surface area contributed by atoms with Gasteiger partial charge in [0.2, 0.25) is 0 Å². The van der Waals surface area contributed by atoms with E-state index >= 15 is 0 Å². The van der Waals surface area contributed by atoms with Gasteiger partial charge in [-0.05, 0) is 30.0 Å². The Hall–Kier alpha value is -3.26. The number of ether oxygens (including phenoxy) is 1. The number of aliphatic hydroxyl groups is 2. The summed E-state index contributed by atoms with van der Waals surface area (Å²) in [5.41, 5.74) is 0.675. The normalized spacial score (nSPS) is 21.9. The molecule has 1 aliphatic rings. The molecule has 4 N–H and O–H groups in total. The second-order valence-corrected chi connectivity index (χ2v) is 10.4. The second kappa shape index (κ2) is 11.0. The molecule has 13 heteroatoms. The molecule has 4 rings (SSSR count). The Labute approximate surface area is 211 Å². The number of halogens is 2. The van der Waals surface area contributed by atoms with Crippen molar-refractivity contribution >= 4 is 32.4 Å². The topological polar surface area (TPSA) is 155 Å². The van der Waals surface area contributed by atoms with Crippen LogP contribution in [0.5, 0.6) is 5.75 Å². The van der Waals surface area contributed by atoms with Crippen LogP contribution in [0.15, 0.2) is 48.7 Å². The van der Waals surface area contributed by atoms with E-state index in [2.05, 4.69) is 20.0 Å². The van der Waals surface area contributed by atoms with Crippen molar-refractivity contribution < 1.29 is 36.3 Å². The van der Waals surface area contributed by atoms with Crippen LogP contribution in [0.2, 0.25) is 0 Å². The predicted molar refractivity (Wildman–Crippen MR) is 131 cm³/mol. The molecule has 1 aliphatic carbocycles. The highest BCUT2D eigenvalue weighted by atomic mass is 32.2. The molecular formula is C24H26F2N4O6S. The van der Waals surface area contributed by atoms with E-state index < -0.39 is 40.9 Å². The molecule has 1 aromatic heterocycles. The molecule has 0 saturated heterocycles. The molecule has 4 atom stereocenters. The number of benzene rings is 2. The standard InChI is InChI=1S/C24H26F2N4O6S/c1-37(33,34)35-12-13-10-18(23(32)22(13)31)29-20-8-9-28-21(30-20)11-17(27)15-6-7-19(36-24(25)26)16-5-3-2-4-14(15)16/h2-9,13,18,22-24,27,31-32H,10-12H2,1H3,(H,28,29,30). The molecule has 2 aromatic carbocycles. The molecule has 0 spiro atoms. The van der Waals surface area contributed by atoms with Crippen LogP contribution >= 0.6 is 0 Å². The Morgan fingerprint density at radius 1 is 1.16 bits per heavy atom. The average Bonchev–Trinajstić information content (AvgIpc) is 3.10. The fourth-order valence-electron chi connectivity index (χ4n) is 4.39. The minimum Gasteiger partial charge on any atom is -0.434 e. The van der Waals surface area contributed by atoms with E-state index in [1.807, 2.05) is 0 Å². The molecule has 1 saturated carbocycles. The summed E-state index contributed by atoms with van der Waals surface area (Å²) in [6, 6.07) is 10.7. The van der Waals surface area contributed by atoms with Crippen molar-refractivity contribution in [2.45, 2.75) is 37.7 Å². The average molecular weight is 537 g/mol. The summed E-state index contributed by atoms with van der Waals surface area (Å²) in [6.45, 7) is -3.23. The summed E-state index contributed by atoms with van der Waals surface area (Å²) >= 11 is 0. The largest absolute Gasteiger partial charge is 0.434 e. The van der Waals surface area contributed by atoms with Gasteiger partial charge in [0.25, 0.3) is 10.1 Å². The van der Waals surface area contributed by atoms with Gasteiger partial charge < -0.3 is 25.7 Å². The lowest BCUT2D eigenvalue weighted by molar-refractivity contribution is -0.0488. The zero-order chi connectivity index (χ0) is 26.7. The number of fused-ring (bicyclic) bond motifs is 1. The molecule has 0 bridgehead atoms. The van der Waals surface area contributed by atoms with Crippen LogP contribution in [0.25, 0.3) is 10.8 Å². The molecule has 0 amide bonds. The molecule has 0 aliphatic heterocycles. The van der Waals surface area contributed by atoms with Crippen molar-refractivity contribution in [2.24, 2.45) is 5.92 Å². The minimum atomic E-state index is -3.68. The fourth-order valence-corrected chi connectivity index (χ4v) is 4.81. The number of anilines is 1. The van der Waals surface area contributed by atoms with Crippen molar-refractivity contribution in [1.29, 1.82) is 5.41 Å². The van der Waals surface area contributed by atoms with Crippen LogP contribution in [-0.2, 0) is 20.7 Å². The monoisotopic (exact) mass is 536 g/mol.